The number of nitriles is 1. The number of carbonyl (C=O) groups excluding carboxylic acids is 1. The molecular weight excluding hydrogens is 300 g/mol. The summed E-state index contributed by atoms with van der Waals surface area (Å²) in [7, 11) is 0. The number of allylic oxidation sites excluding steroid dienone is 1. The van der Waals surface area contributed by atoms with Crippen molar-refractivity contribution < 1.29 is 14.3 Å². The summed E-state index contributed by atoms with van der Waals surface area (Å²) in [5.74, 6) is 1.96. The molecule has 1 aromatic rings. The topological polar surface area (TPSA) is 71.3 Å². The molecule has 5 nitrogen and oxygen atoms in total. The third kappa shape index (κ3) is 2.77. The number of nitrogens with zero attached hydrogens (tertiary/aromatic N) is 1. The number of ether oxygens (including phenoxy) is 2. The zero-order chi connectivity index (χ0) is 15.5. The second-order valence-electron chi connectivity index (χ2n) is 5.12. The van der Waals surface area contributed by atoms with Crippen molar-refractivity contribution in [3.63, 3.8) is 0 Å². The third-order valence-electron chi connectivity index (χ3n) is 3.61. The highest BCUT2D eigenvalue weighted by molar-refractivity contribution is 8.03. The van der Waals surface area contributed by atoms with Crippen molar-refractivity contribution in [1.82, 2.24) is 5.32 Å². The summed E-state index contributed by atoms with van der Waals surface area (Å²) < 4.78 is 10.7. The van der Waals surface area contributed by atoms with Gasteiger partial charge in [-0.3, -0.25) is 4.79 Å². The van der Waals surface area contributed by atoms with Crippen LogP contribution in [0.5, 0.6) is 11.5 Å². The molecule has 1 N–H and O–H groups in total. The molecule has 0 saturated carbocycles. The Balaban J connectivity index is 1.97. The molecule has 0 bridgehead atoms. The van der Waals surface area contributed by atoms with E-state index in [1.165, 1.54) is 11.8 Å². The van der Waals surface area contributed by atoms with Crippen LogP contribution in [0.3, 0.4) is 0 Å². The third-order valence-corrected chi connectivity index (χ3v) is 4.83. The molecule has 2 aliphatic heterocycles. The van der Waals surface area contributed by atoms with E-state index in [2.05, 4.69) is 18.3 Å². The van der Waals surface area contributed by atoms with Gasteiger partial charge in [-0.15, -0.1) is 11.8 Å². The van der Waals surface area contributed by atoms with Crippen LogP contribution in [0.25, 0.3) is 0 Å². The molecule has 114 valence electrons. The first-order chi connectivity index (χ1) is 10.7. The normalized spacial score (nSPS) is 19.8. The SMILES string of the molecule is CCCSC1=C(C#N)C(c2ccc3c(c2)OCO3)CC(=O)N1. The first-order valence-corrected chi connectivity index (χ1v) is 8.18. The number of amides is 1. The van der Waals surface area contributed by atoms with Gasteiger partial charge < -0.3 is 14.8 Å². The van der Waals surface area contributed by atoms with E-state index in [0.29, 0.717) is 22.1 Å². The second kappa shape index (κ2) is 6.32. The highest BCUT2D eigenvalue weighted by Crippen LogP contribution is 2.40. The van der Waals surface area contributed by atoms with E-state index < -0.39 is 0 Å². The molecule has 22 heavy (non-hydrogen) atoms. The number of benzene rings is 1. The number of carbonyl (C=O) groups is 1. The molecule has 0 aromatic heterocycles. The molecule has 0 aliphatic carbocycles. The summed E-state index contributed by atoms with van der Waals surface area (Å²) in [6.45, 7) is 2.28. The van der Waals surface area contributed by atoms with Crippen molar-refractivity contribution in [2.24, 2.45) is 0 Å². The minimum Gasteiger partial charge on any atom is -0.454 e. The van der Waals surface area contributed by atoms with Gasteiger partial charge in [-0.05, 0) is 29.9 Å². The fourth-order valence-electron chi connectivity index (χ4n) is 2.55. The van der Waals surface area contributed by atoms with E-state index in [0.717, 1.165) is 17.7 Å². The number of hydrogen-bond acceptors (Lipinski definition) is 5. The number of hydrogen-bond donors (Lipinski definition) is 1. The van der Waals surface area contributed by atoms with Crippen LogP contribution >= 0.6 is 11.8 Å². The Morgan fingerprint density at radius 2 is 2.23 bits per heavy atom. The highest BCUT2D eigenvalue weighted by Gasteiger charge is 2.30. The van der Waals surface area contributed by atoms with Crippen molar-refractivity contribution in [3.05, 3.63) is 34.4 Å². The molecule has 0 radical (unpaired) electrons. The van der Waals surface area contributed by atoms with Gasteiger partial charge in [0.2, 0.25) is 12.7 Å². The molecule has 0 fully saturated rings. The molecule has 6 heteroatoms. The molecule has 1 aromatic carbocycles. The van der Waals surface area contributed by atoms with Crippen LogP contribution in [0.15, 0.2) is 28.8 Å². The maximum Gasteiger partial charge on any atom is 0.231 e. The lowest BCUT2D eigenvalue weighted by Crippen LogP contribution is -2.30. The van der Waals surface area contributed by atoms with Crippen molar-refractivity contribution >= 4 is 17.7 Å². The van der Waals surface area contributed by atoms with Crippen molar-refractivity contribution in [3.8, 4) is 17.6 Å². The Morgan fingerprint density at radius 1 is 1.41 bits per heavy atom. The van der Waals surface area contributed by atoms with Crippen LogP contribution in [-0.2, 0) is 4.79 Å². The van der Waals surface area contributed by atoms with Crippen molar-refractivity contribution in [2.75, 3.05) is 12.5 Å². The lowest BCUT2D eigenvalue weighted by Gasteiger charge is -2.25. The number of rotatable bonds is 4. The van der Waals surface area contributed by atoms with Gasteiger partial charge in [-0.2, -0.15) is 5.26 Å². The van der Waals surface area contributed by atoms with Crippen LogP contribution in [0, 0.1) is 11.3 Å². The number of thioether (sulfide) groups is 1. The molecule has 2 aliphatic rings. The summed E-state index contributed by atoms with van der Waals surface area (Å²) >= 11 is 1.53. The van der Waals surface area contributed by atoms with Crippen LogP contribution in [0.1, 0.15) is 31.2 Å². The van der Waals surface area contributed by atoms with E-state index in [4.69, 9.17) is 9.47 Å². The van der Waals surface area contributed by atoms with E-state index in [1.54, 1.807) is 0 Å². The Labute approximate surface area is 133 Å². The fraction of sp³-hybridized carbons (Fsp3) is 0.375. The quantitative estimate of drug-likeness (QED) is 0.925. The molecule has 1 atom stereocenters. The molecule has 0 saturated heterocycles. The predicted octanol–water partition coefficient (Wildman–Crippen LogP) is 2.90. The summed E-state index contributed by atoms with van der Waals surface area (Å²) in [6.07, 6.45) is 1.26. The van der Waals surface area contributed by atoms with Crippen LogP contribution in [0.2, 0.25) is 0 Å². The van der Waals surface area contributed by atoms with Crippen molar-refractivity contribution in [1.29, 1.82) is 5.26 Å². The highest BCUT2D eigenvalue weighted by atomic mass is 32.2. The minimum atomic E-state index is -0.229. The largest absolute Gasteiger partial charge is 0.454 e. The van der Waals surface area contributed by atoms with Gasteiger partial charge in [0.05, 0.1) is 16.7 Å². The van der Waals surface area contributed by atoms with Gasteiger partial charge in [0.15, 0.2) is 11.5 Å². The van der Waals surface area contributed by atoms with Gasteiger partial charge in [0, 0.05) is 12.3 Å². The maximum absolute atomic E-state index is 12.0. The second-order valence-corrected chi connectivity index (χ2v) is 6.23. The van der Waals surface area contributed by atoms with E-state index in [9.17, 15) is 10.1 Å². The van der Waals surface area contributed by atoms with E-state index in [1.807, 2.05) is 18.2 Å². The summed E-state index contributed by atoms with van der Waals surface area (Å²) in [5, 5.41) is 13.1. The van der Waals surface area contributed by atoms with Gasteiger partial charge in [0.25, 0.3) is 0 Å². The smallest absolute Gasteiger partial charge is 0.231 e. The summed E-state index contributed by atoms with van der Waals surface area (Å²) in [4.78, 5) is 12.0. The van der Waals surface area contributed by atoms with Crippen molar-refractivity contribution in [2.45, 2.75) is 25.7 Å². The van der Waals surface area contributed by atoms with E-state index >= 15 is 0 Å². The summed E-state index contributed by atoms with van der Waals surface area (Å²) in [5.41, 5.74) is 1.53. The van der Waals surface area contributed by atoms with Crippen LogP contribution in [0.4, 0.5) is 0 Å². The van der Waals surface area contributed by atoms with Gasteiger partial charge >= 0.3 is 0 Å². The number of fused-ring (bicyclic) bond motifs is 1. The first kappa shape index (κ1) is 14.8. The van der Waals surface area contributed by atoms with Crippen LogP contribution < -0.4 is 14.8 Å². The van der Waals surface area contributed by atoms with E-state index in [-0.39, 0.29) is 25.0 Å². The van der Waals surface area contributed by atoms with Gasteiger partial charge in [-0.1, -0.05) is 13.0 Å². The van der Waals surface area contributed by atoms with Crippen LogP contribution in [-0.4, -0.2) is 18.5 Å². The average molecular weight is 316 g/mol. The average Bonchev–Trinajstić information content (AvgIpc) is 2.99. The lowest BCUT2D eigenvalue weighted by molar-refractivity contribution is -0.120. The Kier molecular flexibility index (Phi) is 4.25. The molecule has 3 rings (SSSR count). The Bertz CT molecular complexity index is 678. The molecule has 1 unspecified atom stereocenters. The molecule has 0 spiro atoms. The lowest BCUT2D eigenvalue weighted by atomic mass is 9.87. The summed E-state index contributed by atoms with van der Waals surface area (Å²) in [6, 6.07) is 7.87. The molecular formula is C16H16N2O3S. The maximum atomic E-state index is 12.0. The zero-order valence-corrected chi connectivity index (χ0v) is 13.0. The Hall–Kier alpha value is -2.13. The monoisotopic (exact) mass is 316 g/mol. The Morgan fingerprint density at radius 3 is 3.00 bits per heavy atom. The fourth-order valence-corrected chi connectivity index (χ4v) is 3.49. The standard InChI is InChI=1S/C16H16N2O3S/c1-2-5-22-16-12(8-17)11(7-15(19)18-16)10-3-4-13-14(6-10)21-9-20-13/h3-4,6,11H,2,5,7,9H2,1H3,(H,18,19). The first-order valence-electron chi connectivity index (χ1n) is 7.19. The van der Waals surface area contributed by atoms with Gasteiger partial charge in [-0.25, -0.2) is 0 Å². The number of nitrogens with one attached hydrogen (secondary N) is 1. The molecule has 2 heterocycles. The molecule has 1 amide bonds. The zero-order valence-electron chi connectivity index (χ0n) is 12.2. The predicted molar refractivity (Wildman–Crippen MR) is 83.5 cm³/mol. The van der Waals surface area contributed by atoms with Gasteiger partial charge in [0.1, 0.15) is 0 Å². The minimum absolute atomic E-state index is 0.0553.